The van der Waals surface area contributed by atoms with Gasteiger partial charge in [-0.2, -0.15) is 5.26 Å². The zero-order valence-electron chi connectivity index (χ0n) is 17.9. The molecule has 1 heterocycles. The lowest BCUT2D eigenvalue weighted by molar-refractivity contribution is -0.122. The van der Waals surface area contributed by atoms with Gasteiger partial charge in [-0.05, 0) is 55.0 Å². The van der Waals surface area contributed by atoms with Crippen molar-refractivity contribution in [2.75, 3.05) is 4.90 Å². The summed E-state index contributed by atoms with van der Waals surface area (Å²) >= 11 is 6.34. The van der Waals surface area contributed by atoms with Gasteiger partial charge in [-0.1, -0.05) is 47.5 Å². The predicted octanol–water partition coefficient (Wildman–Crippen LogP) is 4.49. The molecule has 164 valence electrons. The Kier molecular flexibility index (Phi) is 6.25. The van der Waals surface area contributed by atoms with E-state index < -0.39 is 17.9 Å². The van der Waals surface area contributed by atoms with E-state index >= 15 is 0 Å². The molecule has 7 heteroatoms. The van der Waals surface area contributed by atoms with E-state index in [-0.39, 0.29) is 18.9 Å². The van der Waals surface area contributed by atoms with E-state index in [0.29, 0.717) is 27.4 Å². The van der Waals surface area contributed by atoms with Crippen molar-refractivity contribution >= 4 is 35.0 Å². The van der Waals surface area contributed by atoms with Crippen LogP contribution in [0.1, 0.15) is 33.5 Å². The zero-order chi connectivity index (χ0) is 23.5. The molecule has 0 aromatic heterocycles. The molecule has 4 rings (SSSR count). The molecule has 1 aliphatic heterocycles. The fourth-order valence-corrected chi connectivity index (χ4v) is 4.01. The molecule has 0 bridgehead atoms. The number of halogens is 1. The first kappa shape index (κ1) is 22.3. The Morgan fingerprint density at radius 1 is 1.06 bits per heavy atom. The normalized spacial score (nSPS) is 15.4. The second-order valence-corrected chi connectivity index (χ2v) is 8.24. The number of carbonyl (C=O) groups excluding carboxylic acids is 3. The molecule has 1 fully saturated rings. The van der Waals surface area contributed by atoms with Crippen LogP contribution in [0.3, 0.4) is 0 Å². The smallest absolute Gasteiger partial charge is 0.257 e. The minimum Gasteiger partial charge on any atom is -0.322 e. The van der Waals surface area contributed by atoms with E-state index in [0.717, 1.165) is 10.5 Å². The topological polar surface area (TPSA) is 81.5 Å². The minimum atomic E-state index is -0.974. The Labute approximate surface area is 196 Å². The van der Waals surface area contributed by atoms with E-state index in [1.54, 1.807) is 60.7 Å². The number of nitriles is 1. The number of hydrogen-bond acceptors (Lipinski definition) is 4. The number of rotatable bonds is 5. The van der Waals surface area contributed by atoms with Crippen molar-refractivity contribution in [2.24, 2.45) is 0 Å². The largest absolute Gasteiger partial charge is 0.322 e. The van der Waals surface area contributed by atoms with Crippen molar-refractivity contribution in [1.29, 1.82) is 5.26 Å². The Morgan fingerprint density at radius 3 is 2.36 bits per heavy atom. The third kappa shape index (κ3) is 4.50. The second kappa shape index (κ2) is 9.27. The van der Waals surface area contributed by atoms with E-state index in [1.807, 2.05) is 25.1 Å². The summed E-state index contributed by atoms with van der Waals surface area (Å²) in [5, 5.41) is 9.48. The highest BCUT2D eigenvalue weighted by Gasteiger charge is 2.44. The van der Waals surface area contributed by atoms with Crippen molar-refractivity contribution in [3.05, 3.63) is 100 Å². The lowest BCUT2D eigenvalue weighted by Gasteiger charge is -2.28. The van der Waals surface area contributed by atoms with Gasteiger partial charge < -0.3 is 4.90 Å². The number of hydrogen-bond donors (Lipinski definition) is 0. The van der Waals surface area contributed by atoms with Gasteiger partial charge in [-0.15, -0.1) is 0 Å². The maximum absolute atomic E-state index is 13.5. The van der Waals surface area contributed by atoms with Crippen LogP contribution >= 0.6 is 11.6 Å². The van der Waals surface area contributed by atoms with Crippen LogP contribution in [0.2, 0.25) is 5.02 Å². The summed E-state index contributed by atoms with van der Waals surface area (Å²) in [6.45, 7) is 2.00. The molecule has 3 amide bonds. The maximum atomic E-state index is 13.5. The van der Waals surface area contributed by atoms with Crippen molar-refractivity contribution < 1.29 is 14.4 Å². The molecule has 1 unspecified atom stereocenters. The molecule has 1 aliphatic rings. The molecule has 0 spiro atoms. The second-order valence-electron chi connectivity index (χ2n) is 7.84. The molecule has 0 radical (unpaired) electrons. The lowest BCUT2D eigenvalue weighted by Crippen LogP contribution is -2.45. The molecular weight excluding hydrogens is 438 g/mol. The van der Waals surface area contributed by atoms with Crippen molar-refractivity contribution in [3.8, 4) is 6.07 Å². The average molecular weight is 458 g/mol. The van der Waals surface area contributed by atoms with Crippen LogP contribution in [0, 0.1) is 18.3 Å². The van der Waals surface area contributed by atoms with Crippen LogP contribution in [0.5, 0.6) is 0 Å². The van der Waals surface area contributed by atoms with Gasteiger partial charge >= 0.3 is 0 Å². The van der Waals surface area contributed by atoms with Crippen molar-refractivity contribution in [2.45, 2.75) is 25.9 Å². The summed E-state index contributed by atoms with van der Waals surface area (Å²) < 4.78 is 0. The van der Waals surface area contributed by atoms with Gasteiger partial charge in [0, 0.05) is 17.1 Å². The summed E-state index contributed by atoms with van der Waals surface area (Å²) in [6.07, 6.45) is -0.138. The Hall–Kier alpha value is -3.95. The van der Waals surface area contributed by atoms with Gasteiger partial charge in [0.2, 0.25) is 5.91 Å². The standard InChI is InChI=1S/C26H20ClN3O3/c1-17-6-10-19(11-7-17)25(32)29(16-20-4-2-3-5-22(20)27)23-14-24(31)30(26(23)33)21-12-8-18(15-28)9-13-21/h2-13,23H,14,16H2,1H3. The van der Waals surface area contributed by atoms with Crippen LogP contribution in [-0.4, -0.2) is 28.7 Å². The Bertz CT molecular complexity index is 1260. The van der Waals surface area contributed by atoms with Gasteiger partial charge in [-0.3, -0.25) is 14.4 Å². The molecular formula is C26H20ClN3O3. The molecule has 0 N–H and O–H groups in total. The molecule has 1 atom stereocenters. The Morgan fingerprint density at radius 2 is 1.73 bits per heavy atom. The molecule has 1 saturated heterocycles. The summed E-state index contributed by atoms with van der Waals surface area (Å²) in [7, 11) is 0. The monoisotopic (exact) mass is 457 g/mol. The zero-order valence-corrected chi connectivity index (χ0v) is 18.6. The van der Waals surface area contributed by atoms with Crippen LogP contribution in [-0.2, 0) is 16.1 Å². The first-order valence-corrected chi connectivity index (χ1v) is 10.7. The van der Waals surface area contributed by atoms with E-state index in [2.05, 4.69) is 0 Å². The highest BCUT2D eigenvalue weighted by molar-refractivity contribution is 6.31. The summed E-state index contributed by atoms with van der Waals surface area (Å²) in [5.74, 6) is -1.25. The average Bonchev–Trinajstić information content (AvgIpc) is 3.12. The fraction of sp³-hybridized carbons (Fsp3) is 0.154. The number of amides is 3. The fourth-order valence-electron chi connectivity index (χ4n) is 3.81. The lowest BCUT2D eigenvalue weighted by atomic mass is 10.1. The van der Waals surface area contributed by atoms with Gasteiger partial charge in [0.1, 0.15) is 6.04 Å². The molecule has 33 heavy (non-hydrogen) atoms. The number of aryl methyl sites for hydroxylation is 1. The molecule has 3 aromatic rings. The van der Waals surface area contributed by atoms with Gasteiger partial charge in [0.05, 0.1) is 23.7 Å². The van der Waals surface area contributed by atoms with E-state index in [1.165, 1.54) is 4.90 Å². The van der Waals surface area contributed by atoms with E-state index in [9.17, 15) is 14.4 Å². The molecule has 3 aromatic carbocycles. The predicted molar refractivity (Wildman–Crippen MR) is 125 cm³/mol. The third-order valence-electron chi connectivity index (χ3n) is 5.61. The molecule has 0 saturated carbocycles. The number of carbonyl (C=O) groups is 3. The van der Waals surface area contributed by atoms with E-state index in [4.69, 9.17) is 16.9 Å². The highest BCUT2D eigenvalue weighted by atomic mass is 35.5. The van der Waals surface area contributed by atoms with Crippen molar-refractivity contribution in [3.63, 3.8) is 0 Å². The summed E-state index contributed by atoms with van der Waals surface area (Å²) in [6, 6.07) is 21.4. The van der Waals surface area contributed by atoms with Crippen LogP contribution in [0.4, 0.5) is 5.69 Å². The van der Waals surface area contributed by atoms with Crippen LogP contribution < -0.4 is 4.90 Å². The quantitative estimate of drug-likeness (QED) is 0.528. The SMILES string of the molecule is Cc1ccc(C(=O)N(Cc2ccccc2Cl)C2CC(=O)N(c3ccc(C#N)cc3)C2=O)cc1. The first-order chi connectivity index (χ1) is 15.9. The van der Waals surface area contributed by atoms with Gasteiger partial charge in [-0.25, -0.2) is 4.90 Å². The summed E-state index contributed by atoms with van der Waals surface area (Å²) in [4.78, 5) is 42.2. The number of imide groups is 1. The highest BCUT2D eigenvalue weighted by Crippen LogP contribution is 2.29. The first-order valence-electron chi connectivity index (χ1n) is 10.4. The van der Waals surface area contributed by atoms with Gasteiger partial charge in [0.25, 0.3) is 11.8 Å². The van der Waals surface area contributed by atoms with Crippen LogP contribution in [0.25, 0.3) is 0 Å². The Balaban J connectivity index is 1.70. The number of benzene rings is 3. The summed E-state index contributed by atoms with van der Waals surface area (Å²) in [5.41, 5.74) is 2.89. The molecule has 0 aliphatic carbocycles. The maximum Gasteiger partial charge on any atom is 0.257 e. The van der Waals surface area contributed by atoms with Crippen molar-refractivity contribution in [1.82, 2.24) is 4.90 Å². The number of nitrogens with zero attached hydrogens (tertiary/aromatic N) is 3. The minimum absolute atomic E-state index is 0.0806. The third-order valence-corrected chi connectivity index (χ3v) is 5.98. The number of anilines is 1. The van der Waals surface area contributed by atoms with Gasteiger partial charge in [0.15, 0.2) is 0 Å². The van der Waals surface area contributed by atoms with Crippen LogP contribution in [0.15, 0.2) is 72.8 Å². The molecule has 6 nitrogen and oxygen atoms in total.